The van der Waals surface area contributed by atoms with Crippen molar-refractivity contribution in [3.63, 3.8) is 0 Å². The molecule has 0 saturated carbocycles. The molecule has 1 N–H and O–H groups in total. The molecular formula is C16H17N3OS. The summed E-state index contributed by atoms with van der Waals surface area (Å²) in [5, 5.41) is 6.36. The quantitative estimate of drug-likeness (QED) is 0.787. The molecule has 0 aliphatic rings. The fraction of sp³-hybridized carbons (Fsp3) is 0.250. The van der Waals surface area contributed by atoms with E-state index in [1.165, 1.54) is 0 Å². The number of hydrogen-bond donors (Lipinski definition) is 1. The van der Waals surface area contributed by atoms with Crippen LogP contribution in [0.1, 0.15) is 12.5 Å². The third-order valence-corrected chi connectivity index (χ3v) is 4.21. The van der Waals surface area contributed by atoms with Crippen molar-refractivity contribution in [3.05, 3.63) is 35.2 Å². The second kappa shape index (κ2) is 5.69. The Morgan fingerprint density at radius 3 is 2.86 bits per heavy atom. The zero-order valence-corrected chi connectivity index (χ0v) is 13.1. The summed E-state index contributed by atoms with van der Waals surface area (Å²) in [6.45, 7) is 4.97. The van der Waals surface area contributed by atoms with Crippen LogP contribution in [0.25, 0.3) is 21.6 Å². The van der Waals surface area contributed by atoms with Gasteiger partial charge in [-0.2, -0.15) is 0 Å². The van der Waals surface area contributed by atoms with E-state index in [1.54, 1.807) is 18.4 Å². The molecular weight excluding hydrogens is 282 g/mol. The molecule has 2 heterocycles. The van der Waals surface area contributed by atoms with E-state index >= 15 is 0 Å². The molecule has 2 aromatic heterocycles. The van der Waals surface area contributed by atoms with Crippen LogP contribution in [0.3, 0.4) is 0 Å². The average molecular weight is 299 g/mol. The van der Waals surface area contributed by atoms with Crippen LogP contribution in [0, 0.1) is 6.92 Å². The minimum absolute atomic E-state index is 0.737. The largest absolute Gasteiger partial charge is 0.496 e. The van der Waals surface area contributed by atoms with Gasteiger partial charge in [-0.1, -0.05) is 12.1 Å². The molecule has 1 aromatic carbocycles. The van der Waals surface area contributed by atoms with Gasteiger partial charge < -0.3 is 10.1 Å². The van der Waals surface area contributed by atoms with Gasteiger partial charge in [0, 0.05) is 23.4 Å². The van der Waals surface area contributed by atoms with Crippen LogP contribution in [-0.2, 0) is 0 Å². The molecule has 3 aromatic rings. The van der Waals surface area contributed by atoms with Crippen molar-refractivity contribution in [1.82, 2.24) is 9.97 Å². The number of nitrogens with zero attached hydrogens (tertiary/aromatic N) is 2. The maximum Gasteiger partial charge on any atom is 0.172 e. The summed E-state index contributed by atoms with van der Waals surface area (Å²) in [4.78, 5) is 10.4. The van der Waals surface area contributed by atoms with Crippen LogP contribution in [0.4, 0.5) is 5.82 Å². The molecule has 3 rings (SSSR count). The SMILES string of the molecule is CCNc1nc(-c2cc(OC)cs2)nc2c(C)cccc12. The topological polar surface area (TPSA) is 47.0 Å². The molecule has 108 valence electrons. The maximum absolute atomic E-state index is 5.24. The Morgan fingerprint density at radius 2 is 2.14 bits per heavy atom. The van der Waals surface area contributed by atoms with Gasteiger partial charge in [-0.25, -0.2) is 9.97 Å². The van der Waals surface area contributed by atoms with Gasteiger partial charge in [-0.05, 0) is 25.5 Å². The highest BCUT2D eigenvalue weighted by Gasteiger charge is 2.12. The Morgan fingerprint density at radius 1 is 1.29 bits per heavy atom. The van der Waals surface area contributed by atoms with Gasteiger partial charge in [0.15, 0.2) is 5.82 Å². The first-order valence-electron chi connectivity index (χ1n) is 6.87. The molecule has 0 bridgehead atoms. The number of aromatic nitrogens is 2. The van der Waals surface area contributed by atoms with Crippen LogP contribution in [0.2, 0.25) is 0 Å². The van der Waals surface area contributed by atoms with E-state index in [-0.39, 0.29) is 0 Å². The Labute approximate surface area is 127 Å². The highest BCUT2D eigenvalue weighted by Crippen LogP contribution is 2.32. The van der Waals surface area contributed by atoms with Gasteiger partial charge >= 0.3 is 0 Å². The zero-order valence-electron chi connectivity index (χ0n) is 12.3. The number of fused-ring (bicyclic) bond motifs is 1. The lowest BCUT2D eigenvalue weighted by atomic mass is 10.1. The lowest BCUT2D eigenvalue weighted by Gasteiger charge is -2.10. The number of rotatable bonds is 4. The van der Waals surface area contributed by atoms with Crippen LogP contribution in [0.15, 0.2) is 29.6 Å². The standard InChI is InChI=1S/C16H17N3OS/c1-4-17-15-12-7-5-6-10(2)14(12)18-16(19-15)13-8-11(20-3)9-21-13/h5-9H,4H2,1-3H3,(H,17,18,19). The number of thiophene rings is 1. The molecule has 0 amide bonds. The van der Waals surface area contributed by atoms with Crippen molar-refractivity contribution in [3.8, 4) is 16.5 Å². The first-order valence-corrected chi connectivity index (χ1v) is 7.75. The number of para-hydroxylation sites is 1. The molecule has 0 fully saturated rings. The van der Waals surface area contributed by atoms with Gasteiger partial charge in [0.2, 0.25) is 0 Å². The van der Waals surface area contributed by atoms with E-state index in [0.717, 1.165) is 45.3 Å². The van der Waals surface area contributed by atoms with Crippen molar-refractivity contribution >= 4 is 28.1 Å². The number of nitrogens with one attached hydrogen (secondary N) is 1. The summed E-state index contributed by atoms with van der Waals surface area (Å²) in [6, 6.07) is 8.14. The molecule has 0 unspecified atom stereocenters. The summed E-state index contributed by atoms with van der Waals surface area (Å²) < 4.78 is 5.24. The number of aryl methyl sites for hydroxylation is 1. The number of methoxy groups -OCH3 is 1. The van der Waals surface area contributed by atoms with Crippen molar-refractivity contribution in [1.29, 1.82) is 0 Å². The summed E-state index contributed by atoms with van der Waals surface area (Å²) in [6.07, 6.45) is 0. The van der Waals surface area contributed by atoms with Gasteiger partial charge in [0.1, 0.15) is 11.6 Å². The van der Waals surface area contributed by atoms with Crippen molar-refractivity contribution < 1.29 is 4.74 Å². The van der Waals surface area contributed by atoms with E-state index in [0.29, 0.717) is 0 Å². The van der Waals surface area contributed by atoms with E-state index < -0.39 is 0 Å². The van der Waals surface area contributed by atoms with E-state index in [9.17, 15) is 0 Å². The Hall–Kier alpha value is -2.14. The molecule has 4 nitrogen and oxygen atoms in total. The van der Waals surface area contributed by atoms with Crippen LogP contribution in [-0.4, -0.2) is 23.6 Å². The van der Waals surface area contributed by atoms with Gasteiger partial charge in [0.25, 0.3) is 0 Å². The van der Waals surface area contributed by atoms with Crippen molar-refractivity contribution in [2.75, 3.05) is 19.0 Å². The lowest BCUT2D eigenvalue weighted by Crippen LogP contribution is -2.03. The predicted octanol–water partition coefficient (Wildman–Crippen LogP) is 4.11. The van der Waals surface area contributed by atoms with E-state index in [4.69, 9.17) is 9.72 Å². The fourth-order valence-corrected chi connectivity index (χ4v) is 3.04. The van der Waals surface area contributed by atoms with E-state index in [2.05, 4.69) is 36.3 Å². The molecule has 0 atom stereocenters. The number of benzene rings is 1. The highest BCUT2D eigenvalue weighted by atomic mass is 32.1. The summed E-state index contributed by atoms with van der Waals surface area (Å²) in [5.41, 5.74) is 2.14. The highest BCUT2D eigenvalue weighted by molar-refractivity contribution is 7.13. The normalized spacial score (nSPS) is 10.8. The molecule has 0 aliphatic carbocycles. The van der Waals surface area contributed by atoms with Crippen LogP contribution < -0.4 is 10.1 Å². The van der Waals surface area contributed by atoms with Crippen LogP contribution >= 0.6 is 11.3 Å². The summed E-state index contributed by atoms with van der Waals surface area (Å²) >= 11 is 1.59. The average Bonchev–Trinajstić information content (AvgIpc) is 2.97. The maximum atomic E-state index is 5.24. The van der Waals surface area contributed by atoms with Crippen molar-refractivity contribution in [2.45, 2.75) is 13.8 Å². The first kappa shape index (κ1) is 13.8. The number of hydrogen-bond acceptors (Lipinski definition) is 5. The predicted molar refractivity (Wildman–Crippen MR) is 88.3 cm³/mol. The molecule has 0 radical (unpaired) electrons. The number of anilines is 1. The lowest BCUT2D eigenvalue weighted by molar-refractivity contribution is 0.417. The molecule has 5 heteroatoms. The fourth-order valence-electron chi connectivity index (χ4n) is 2.25. The van der Waals surface area contributed by atoms with E-state index in [1.807, 2.05) is 17.5 Å². The third kappa shape index (κ3) is 2.56. The Kier molecular flexibility index (Phi) is 3.75. The summed E-state index contributed by atoms with van der Waals surface area (Å²) in [7, 11) is 1.67. The van der Waals surface area contributed by atoms with Gasteiger partial charge in [-0.3, -0.25) is 0 Å². The minimum atomic E-state index is 0.737. The molecule has 0 spiro atoms. The second-order valence-electron chi connectivity index (χ2n) is 4.75. The third-order valence-electron chi connectivity index (χ3n) is 3.30. The zero-order chi connectivity index (χ0) is 14.8. The molecule has 21 heavy (non-hydrogen) atoms. The summed E-state index contributed by atoms with van der Waals surface area (Å²) in [5.74, 6) is 2.46. The van der Waals surface area contributed by atoms with Gasteiger partial charge in [0.05, 0.1) is 17.5 Å². The number of ether oxygens (including phenoxy) is 1. The molecule has 0 aliphatic heterocycles. The van der Waals surface area contributed by atoms with Crippen LogP contribution in [0.5, 0.6) is 5.75 Å². The minimum Gasteiger partial charge on any atom is -0.496 e. The van der Waals surface area contributed by atoms with Crippen molar-refractivity contribution in [2.24, 2.45) is 0 Å². The Bertz CT molecular complexity index is 782. The second-order valence-corrected chi connectivity index (χ2v) is 5.66. The Balaban J connectivity index is 2.21. The monoisotopic (exact) mass is 299 g/mol. The smallest absolute Gasteiger partial charge is 0.172 e. The first-order chi connectivity index (χ1) is 10.2. The molecule has 0 saturated heterocycles. The van der Waals surface area contributed by atoms with Gasteiger partial charge in [-0.15, -0.1) is 11.3 Å².